The maximum absolute atomic E-state index is 12.9. The number of anilines is 1. The third-order valence-corrected chi connectivity index (χ3v) is 5.27. The molecule has 1 N–H and O–H groups in total. The molecule has 2 heterocycles. The van der Waals surface area contributed by atoms with Crippen LogP contribution in [-0.4, -0.2) is 62.1 Å². The summed E-state index contributed by atoms with van der Waals surface area (Å²) < 4.78 is 5.41. The molecule has 2 amide bonds. The fourth-order valence-corrected chi connectivity index (χ4v) is 3.80. The number of benzene rings is 2. The maximum Gasteiger partial charge on any atom is 0.246 e. The first kappa shape index (κ1) is 18.7. The highest BCUT2D eigenvalue weighted by atomic mass is 16.5. The SMILES string of the molecule is O=C(C[C@@H]1COCCN1)N1CCN(c2ccccc2-c2ccccc2)C(=O)C1. The molecule has 0 bridgehead atoms. The van der Waals surface area contributed by atoms with Crippen LogP contribution < -0.4 is 10.2 Å². The van der Waals surface area contributed by atoms with Gasteiger partial charge in [-0.15, -0.1) is 0 Å². The van der Waals surface area contributed by atoms with Gasteiger partial charge < -0.3 is 19.9 Å². The van der Waals surface area contributed by atoms with Gasteiger partial charge >= 0.3 is 0 Å². The van der Waals surface area contributed by atoms with E-state index in [0.717, 1.165) is 23.4 Å². The van der Waals surface area contributed by atoms with E-state index in [2.05, 4.69) is 5.32 Å². The number of piperazine rings is 1. The Morgan fingerprint density at radius 3 is 2.61 bits per heavy atom. The average molecular weight is 379 g/mol. The molecular formula is C22H25N3O3. The summed E-state index contributed by atoms with van der Waals surface area (Å²) in [6.45, 7) is 3.16. The Morgan fingerprint density at radius 1 is 1.07 bits per heavy atom. The molecule has 2 fully saturated rings. The van der Waals surface area contributed by atoms with Crippen LogP contribution in [0.2, 0.25) is 0 Å². The van der Waals surface area contributed by atoms with Crippen molar-refractivity contribution in [3.8, 4) is 11.1 Å². The Kier molecular flexibility index (Phi) is 5.69. The van der Waals surface area contributed by atoms with Gasteiger partial charge in [-0.25, -0.2) is 0 Å². The lowest BCUT2D eigenvalue weighted by molar-refractivity contribution is -0.137. The summed E-state index contributed by atoms with van der Waals surface area (Å²) in [6, 6.07) is 18.0. The van der Waals surface area contributed by atoms with Crippen molar-refractivity contribution in [2.75, 3.05) is 44.3 Å². The predicted octanol–water partition coefficient (Wildman–Crippen LogP) is 1.91. The van der Waals surface area contributed by atoms with E-state index in [1.807, 2.05) is 54.6 Å². The lowest BCUT2D eigenvalue weighted by Crippen LogP contribution is -2.54. The highest BCUT2D eigenvalue weighted by Crippen LogP contribution is 2.31. The molecule has 0 radical (unpaired) electrons. The average Bonchev–Trinajstić information content (AvgIpc) is 2.75. The molecule has 6 nitrogen and oxygen atoms in total. The van der Waals surface area contributed by atoms with Gasteiger partial charge in [0.25, 0.3) is 0 Å². The largest absolute Gasteiger partial charge is 0.378 e. The zero-order valence-corrected chi connectivity index (χ0v) is 15.8. The van der Waals surface area contributed by atoms with Gasteiger partial charge in [0, 0.05) is 37.7 Å². The number of amides is 2. The number of ether oxygens (including phenoxy) is 1. The van der Waals surface area contributed by atoms with E-state index >= 15 is 0 Å². The standard InChI is InChI=1S/C22H25N3O3/c26-21(14-18-16-28-13-10-23-18)24-11-12-25(22(27)15-24)20-9-5-4-8-19(20)17-6-2-1-3-7-17/h1-9,18,23H,10-16H2/t18-/m1/s1. The molecule has 2 saturated heterocycles. The minimum absolute atomic E-state index is 0.00680. The van der Waals surface area contributed by atoms with Crippen molar-refractivity contribution in [1.82, 2.24) is 10.2 Å². The molecule has 2 aromatic rings. The second-order valence-electron chi connectivity index (χ2n) is 7.17. The number of nitrogens with zero attached hydrogens (tertiary/aromatic N) is 2. The quantitative estimate of drug-likeness (QED) is 0.882. The second kappa shape index (κ2) is 8.54. The normalized spacial score (nSPS) is 20.3. The Hall–Kier alpha value is -2.70. The molecule has 28 heavy (non-hydrogen) atoms. The van der Waals surface area contributed by atoms with Gasteiger partial charge in [0.05, 0.1) is 18.9 Å². The molecule has 4 rings (SSSR count). The molecule has 0 aromatic heterocycles. The van der Waals surface area contributed by atoms with Gasteiger partial charge in [0.15, 0.2) is 0 Å². The van der Waals surface area contributed by atoms with E-state index in [9.17, 15) is 9.59 Å². The molecule has 2 aromatic carbocycles. The van der Waals surface area contributed by atoms with E-state index in [4.69, 9.17) is 4.74 Å². The highest BCUT2D eigenvalue weighted by molar-refractivity contribution is 6.01. The number of rotatable bonds is 4. The Balaban J connectivity index is 1.45. The lowest BCUT2D eigenvalue weighted by Gasteiger charge is -2.36. The summed E-state index contributed by atoms with van der Waals surface area (Å²) in [5.74, 6) is -0.0387. The molecule has 0 saturated carbocycles. The molecule has 1 atom stereocenters. The van der Waals surface area contributed by atoms with Crippen molar-refractivity contribution in [1.29, 1.82) is 0 Å². The number of nitrogens with one attached hydrogen (secondary N) is 1. The first-order valence-electron chi connectivity index (χ1n) is 9.76. The summed E-state index contributed by atoms with van der Waals surface area (Å²) in [6.07, 6.45) is 0.369. The molecule has 0 spiro atoms. The Labute approximate surface area is 165 Å². The molecule has 0 aliphatic carbocycles. The van der Waals surface area contributed by atoms with Gasteiger partial charge in [0.2, 0.25) is 11.8 Å². The Bertz CT molecular complexity index is 834. The van der Waals surface area contributed by atoms with Gasteiger partial charge in [0.1, 0.15) is 6.54 Å². The number of morpholine rings is 1. The van der Waals surface area contributed by atoms with Crippen molar-refractivity contribution in [2.24, 2.45) is 0 Å². The van der Waals surface area contributed by atoms with E-state index in [-0.39, 0.29) is 24.4 Å². The first-order chi connectivity index (χ1) is 13.7. The molecule has 146 valence electrons. The second-order valence-corrected chi connectivity index (χ2v) is 7.17. The zero-order valence-electron chi connectivity index (χ0n) is 15.8. The van der Waals surface area contributed by atoms with Crippen LogP contribution >= 0.6 is 0 Å². The molecule has 2 aliphatic rings. The van der Waals surface area contributed by atoms with Crippen molar-refractivity contribution in [3.05, 3.63) is 54.6 Å². The molecule has 0 unspecified atom stereocenters. The number of carbonyl (C=O) groups is 2. The summed E-state index contributed by atoms with van der Waals surface area (Å²) in [4.78, 5) is 28.9. The van der Waals surface area contributed by atoms with Crippen LogP contribution in [0.15, 0.2) is 54.6 Å². The number of hydrogen-bond acceptors (Lipinski definition) is 4. The van der Waals surface area contributed by atoms with Gasteiger partial charge in [-0.2, -0.15) is 0 Å². The third-order valence-electron chi connectivity index (χ3n) is 5.27. The monoisotopic (exact) mass is 379 g/mol. The van der Waals surface area contributed by atoms with Crippen LogP contribution in [0.25, 0.3) is 11.1 Å². The van der Waals surface area contributed by atoms with Crippen LogP contribution in [0, 0.1) is 0 Å². The topological polar surface area (TPSA) is 61.9 Å². The maximum atomic E-state index is 12.9. The van der Waals surface area contributed by atoms with Gasteiger partial charge in [-0.05, 0) is 11.6 Å². The highest BCUT2D eigenvalue weighted by Gasteiger charge is 2.30. The van der Waals surface area contributed by atoms with Crippen molar-refractivity contribution in [2.45, 2.75) is 12.5 Å². The number of hydrogen-bond donors (Lipinski definition) is 1. The minimum Gasteiger partial charge on any atom is -0.378 e. The van der Waals surface area contributed by atoms with E-state index in [1.54, 1.807) is 9.80 Å². The fraction of sp³-hybridized carbons (Fsp3) is 0.364. The van der Waals surface area contributed by atoms with Crippen LogP contribution in [0.4, 0.5) is 5.69 Å². The number of para-hydroxylation sites is 1. The van der Waals surface area contributed by atoms with Crippen molar-refractivity contribution >= 4 is 17.5 Å². The van der Waals surface area contributed by atoms with Crippen LogP contribution in [0.1, 0.15) is 6.42 Å². The van der Waals surface area contributed by atoms with E-state index in [0.29, 0.717) is 32.7 Å². The van der Waals surface area contributed by atoms with Crippen LogP contribution in [0.5, 0.6) is 0 Å². The van der Waals surface area contributed by atoms with Crippen molar-refractivity contribution in [3.63, 3.8) is 0 Å². The van der Waals surface area contributed by atoms with E-state index < -0.39 is 0 Å². The fourth-order valence-electron chi connectivity index (χ4n) is 3.80. The summed E-state index contributed by atoms with van der Waals surface area (Å²) in [5.41, 5.74) is 3.00. The smallest absolute Gasteiger partial charge is 0.246 e. The van der Waals surface area contributed by atoms with E-state index in [1.165, 1.54) is 0 Å². The predicted molar refractivity (Wildman–Crippen MR) is 108 cm³/mol. The summed E-state index contributed by atoms with van der Waals surface area (Å²) >= 11 is 0. The lowest BCUT2D eigenvalue weighted by atomic mass is 10.0. The van der Waals surface area contributed by atoms with Crippen LogP contribution in [-0.2, 0) is 14.3 Å². The molecular weight excluding hydrogens is 354 g/mol. The van der Waals surface area contributed by atoms with Crippen molar-refractivity contribution < 1.29 is 14.3 Å². The van der Waals surface area contributed by atoms with Gasteiger partial charge in [-0.3, -0.25) is 9.59 Å². The summed E-state index contributed by atoms with van der Waals surface area (Å²) in [7, 11) is 0. The summed E-state index contributed by atoms with van der Waals surface area (Å²) in [5, 5.41) is 3.29. The first-order valence-corrected chi connectivity index (χ1v) is 9.76. The Morgan fingerprint density at radius 2 is 1.86 bits per heavy atom. The molecule has 6 heteroatoms. The molecule has 2 aliphatic heterocycles. The minimum atomic E-state index is -0.0455. The third kappa shape index (κ3) is 4.08. The van der Waals surface area contributed by atoms with Gasteiger partial charge in [-0.1, -0.05) is 48.5 Å². The zero-order chi connectivity index (χ0) is 19.3. The number of carbonyl (C=O) groups excluding carboxylic acids is 2. The van der Waals surface area contributed by atoms with Crippen LogP contribution in [0.3, 0.4) is 0 Å².